The van der Waals surface area contributed by atoms with Crippen LogP contribution >= 0.6 is 22.6 Å². The minimum atomic E-state index is -0.526. The second-order valence-corrected chi connectivity index (χ2v) is 5.17. The molecule has 0 saturated carbocycles. The number of carbonyl (C=O) groups is 2. The molecule has 0 heterocycles. The summed E-state index contributed by atoms with van der Waals surface area (Å²) in [5.74, 6) is -0.623. The van der Waals surface area contributed by atoms with Gasteiger partial charge in [0, 0.05) is 3.57 Å². The molecular formula is C14H10INO3. The topological polar surface area (TPSA) is 55.7 Å². The zero-order chi connectivity index (χ0) is 13.8. The fourth-order valence-electron chi connectivity index (χ4n) is 1.46. The zero-order valence-corrected chi connectivity index (χ0v) is 12.2. The number of rotatable bonds is 2. The third-order valence-corrected chi connectivity index (χ3v) is 3.19. The Bertz CT molecular complexity index is 612. The highest BCUT2D eigenvalue weighted by Crippen LogP contribution is 2.10. The van der Waals surface area contributed by atoms with E-state index >= 15 is 0 Å². The Labute approximate surface area is 124 Å². The minimum Gasteiger partial charge on any atom is -0.312 e. The van der Waals surface area contributed by atoms with Crippen LogP contribution in [-0.2, 0) is 9.63 Å². The van der Waals surface area contributed by atoms with E-state index < -0.39 is 5.97 Å². The van der Waals surface area contributed by atoms with Crippen molar-refractivity contribution in [3.05, 3.63) is 57.2 Å². The molecule has 5 heteroatoms. The van der Waals surface area contributed by atoms with E-state index in [1.807, 2.05) is 12.1 Å². The van der Waals surface area contributed by atoms with E-state index in [4.69, 9.17) is 4.84 Å². The largest absolute Gasteiger partial charge is 0.365 e. The summed E-state index contributed by atoms with van der Waals surface area (Å²) in [5, 5.41) is 3.76. The van der Waals surface area contributed by atoms with Gasteiger partial charge in [-0.3, -0.25) is 4.79 Å². The molecule has 96 valence electrons. The van der Waals surface area contributed by atoms with Gasteiger partial charge in [0.25, 0.3) is 0 Å². The molecule has 0 aromatic heterocycles. The number of oxime groups is 1. The summed E-state index contributed by atoms with van der Waals surface area (Å²) in [6.45, 7) is 1.74. The number of halogens is 1. The van der Waals surface area contributed by atoms with Crippen molar-refractivity contribution in [2.45, 2.75) is 6.92 Å². The first-order valence-corrected chi connectivity index (χ1v) is 6.60. The monoisotopic (exact) mass is 367 g/mol. The van der Waals surface area contributed by atoms with Crippen LogP contribution in [0.4, 0.5) is 0 Å². The normalized spacial score (nSPS) is 16.4. The Morgan fingerprint density at radius 2 is 1.89 bits per heavy atom. The molecule has 2 rings (SSSR count). The molecule has 1 aliphatic rings. The first-order chi connectivity index (χ1) is 9.06. The summed E-state index contributed by atoms with van der Waals surface area (Å²) in [5.41, 5.74) is 1.57. The number of hydrogen-bond donors (Lipinski definition) is 0. The molecule has 1 aromatic rings. The molecule has 0 saturated heterocycles. The first-order valence-electron chi connectivity index (χ1n) is 5.52. The van der Waals surface area contributed by atoms with Gasteiger partial charge in [-0.05, 0) is 77.6 Å². The van der Waals surface area contributed by atoms with Crippen molar-refractivity contribution in [2.24, 2.45) is 5.16 Å². The molecule has 0 aliphatic heterocycles. The van der Waals surface area contributed by atoms with E-state index in [9.17, 15) is 9.59 Å². The summed E-state index contributed by atoms with van der Waals surface area (Å²) in [4.78, 5) is 27.7. The van der Waals surface area contributed by atoms with Gasteiger partial charge in [0.2, 0.25) is 0 Å². The highest BCUT2D eigenvalue weighted by molar-refractivity contribution is 14.1. The van der Waals surface area contributed by atoms with Gasteiger partial charge in [-0.25, -0.2) is 4.79 Å². The highest BCUT2D eigenvalue weighted by Gasteiger charge is 2.10. The summed E-state index contributed by atoms with van der Waals surface area (Å²) in [6.07, 6.45) is 4.35. The lowest BCUT2D eigenvalue weighted by atomic mass is 10.1. The van der Waals surface area contributed by atoms with Crippen LogP contribution < -0.4 is 0 Å². The van der Waals surface area contributed by atoms with E-state index in [1.165, 1.54) is 18.2 Å². The quantitative estimate of drug-likeness (QED) is 0.350. The number of ketones is 1. The molecule has 1 aliphatic carbocycles. The van der Waals surface area contributed by atoms with Crippen molar-refractivity contribution >= 4 is 40.1 Å². The smallest absolute Gasteiger partial charge is 0.312 e. The summed E-state index contributed by atoms with van der Waals surface area (Å²) >= 11 is 2.15. The number of carbonyl (C=O) groups excluding carboxylic acids is 2. The van der Waals surface area contributed by atoms with Crippen molar-refractivity contribution in [3.8, 4) is 0 Å². The van der Waals surface area contributed by atoms with Gasteiger partial charge in [0.15, 0.2) is 5.78 Å². The SMILES string of the molecule is CC1=CC(=O)C=CC1=NOC(=O)c1ccc(I)cc1. The molecule has 19 heavy (non-hydrogen) atoms. The van der Waals surface area contributed by atoms with E-state index in [-0.39, 0.29) is 5.78 Å². The molecule has 0 N–H and O–H groups in total. The van der Waals surface area contributed by atoms with E-state index in [1.54, 1.807) is 19.1 Å². The van der Waals surface area contributed by atoms with Crippen molar-refractivity contribution in [1.82, 2.24) is 0 Å². The number of nitrogens with zero attached hydrogens (tertiary/aromatic N) is 1. The van der Waals surface area contributed by atoms with Crippen LogP contribution in [-0.4, -0.2) is 17.5 Å². The maximum atomic E-state index is 11.7. The van der Waals surface area contributed by atoms with Crippen LogP contribution in [0, 0.1) is 3.57 Å². The Morgan fingerprint density at radius 1 is 1.21 bits per heavy atom. The lowest BCUT2D eigenvalue weighted by Gasteiger charge is -2.05. The lowest BCUT2D eigenvalue weighted by molar-refractivity contribution is -0.110. The molecular weight excluding hydrogens is 357 g/mol. The van der Waals surface area contributed by atoms with Crippen LogP contribution in [0.15, 0.2) is 53.2 Å². The second-order valence-electron chi connectivity index (χ2n) is 3.93. The second kappa shape index (κ2) is 5.92. The number of benzene rings is 1. The fraction of sp³-hybridized carbons (Fsp3) is 0.0714. The van der Waals surface area contributed by atoms with Gasteiger partial charge >= 0.3 is 5.97 Å². The Balaban J connectivity index is 2.08. The van der Waals surface area contributed by atoms with Gasteiger partial charge < -0.3 is 4.84 Å². The summed E-state index contributed by atoms with van der Waals surface area (Å²) in [7, 11) is 0. The van der Waals surface area contributed by atoms with Gasteiger partial charge in [0.1, 0.15) is 5.71 Å². The van der Waals surface area contributed by atoms with Crippen LogP contribution in [0.2, 0.25) is 0 Å². The van der Waals surface area contributed by atoms with Crippen molar-refractivity contribution in [3.63, 3.8) is 0 Å². The molecule has 0 unspecified atom stereocenters. The minimum absolute atomic E-state index is 0.0968. The molecule has 0 amide bonds. The van der Waals surface area contributed by atoms with E-state index in [0.29, 0.717) is 16.8 Å². The third-order valence-electron chi connectivity index (χ3n) is 2.48. The van der Waals surface area contributed by atoms with Gasteiger partial charge in [0.05, 0.1) is 5.56 Å². The van der Waals surface area contributed by atoms with E-state index in [0.717, 1.165) is 3.57 Å². The van der Waals surface area contributed by atoms with Crippen molar-refractivity contribution in [2.75, 3.05) is 0 Å². The van der Waals surface area contributed by atoms with Gasteiger partial charge in [-0.2, -0.15) is 0 Å². The molecule has 4 nitrogen and oxygen atoms in total. The van der Waals surface area contributed by atoms with Gasteiger partial charge in [-0.15, -0.1) is 0 Å². The molecule has 0 radical (unpaired) electrons. The fourth-order valence-corrected chi connectivity index (χ4v) is 1.82. The molecule has 1 aromatic carbocycles. The van der Waals surface area contributed by atoms with Crippen LogP contribution in [0.3, 0.4) is 0 Å². The molecule has 0 atom stereocenters. The van der Waals surface area contributed by atoms with Crippen LogP contribution in [0.1, 0.15) is 17.3 Å². The highest BCUT2D eigenvalue weighted by atomic mass is 127. The number of hydrogen-bond acceptors (Lipinski definition) is 4. The Hall–Kier alpha value is -1.76. The average molecular weight is 367 g/mol. The maximum absolute atomic E-state index is 11.7. The molecule has 0 spiro atoms. The standard InChI is InChI=1S/C14H10INO3/c1-9-8-12(17)6-7-13(9)16-19-14(18)10-2-4-11(15)5-3-10/h2-8H,1H3. The summed E-state index contributed by atoms with van der Waals surface area (Å²) in [6, 6.07) is 6.98. The lowest BCUT2D eigenvalue weighted by Crippen LogP contribution is -2.08. The first kappa shape index (κ1) is 13.7. The van der Waals surface area contributed by atoms with Gasteiger partial charge in [-0.1, -0.05) is 5.16 Å². The third kappa shape index (κ3) is 3.60. The average Bonchev–Trinajstić information content (AvgIpc) is 2.38. The number of allylic oxidation sites excluding steroid dienone is 4. The predicted octanol–water partition coefficient (Wildman–Crippen LogP) is 2.89. The van der Waals surface area contributed by atoms with E-state index in [2.05, 4.69) is 27.7 Å². The predicted molar refractivity (Wildman–Crippen MR) is 79.9 cm³/mol. The molecule has 0 fully saturated rings. The molecule has 0 bridgehead atoms. The maximum Gasteiger partial charge on any atom is 0.365 e. The summed E-state index contributed by atoms with van der Waals surface area (Å²) < 4.78 is 1.04. The van der Waals surface area contributed by atoms with Crippen LogP contribution in [0.25, 0.3) is 0 Å². The van der Waals surface area contributed by atoms with Crippen LogP contribution in [0.5, 0.6) is 0 Å². The van der Waals surface area contributed by atoms with Crippen molar-refractivity contribution in [1.29, 1.82) is 0 Å². The van der Waals surface area contributed by atoms with Crippen molar-refractivity contribution < 1.29 is 14.4 Å². The zero-order valence-electron chi connectivity index (χ0n) is 10.1. The Kier molecular flexibility index (Phi) is 4.26. The Morgan fingerprint density at radius 3 is 2.53 bits per heavy atom.